The van der Waals surface area contributed by atoms with E-state index in [2.05, 4.69) is 18.8 Å². The first-order chi connectivity index (χ1) is 8.59. The molecule has 2 nitrogen and oxygen atoms in total. The number of hydrogen-bond acceptors (Lipinski definition) is 2. The lowest BCUT2D eigenvalue weighted by atomic mass is 9.86. The Morgan fingerprint density at radius 2 is 2.17 bits per heavy atom. The lowest BCUT2D eigenvalue weighted by Gasteiger charge is -2.26. The first kappa shape index (κ1) is 13.5. The smallest absolute Gasteiger partial charge is 0.0703 e. The molecule has 0 spiro atoms. The molecule has 2 heteroatoms. The zero-order valence-corrected chi connectivity index (χ0v) is 11.6. The number of aliphatic hydroxyl groups is 1. The van der Waals surface area contributed by atoms with E-state index in [-0.39, 0.29) is 0 Å². The summed E-state index contributed by atoms with van der Waals surface area (Å²) in [5.41, 5.74) is 0.487. The molecule has 0 amide bonds. The van der Waals surface area contributed by atoms with Gasteiger partial charge in [0.25, 0.3) is 0 Å². The number of pyridine rings is 1. The summed E-state index contributed by atoms with van der Waals surface area (Å²) in [6.45, 7) is 4.60. The molecule has 1 aliphatic carbocycles. The molecule has 1 heterocycles. The van der Waals surface area contributed by atoms with Crippen LogP contribution >= 0.6 is 0 Å². The van der Waals surface area contributed by atoms with Gasteiger partial charge >= 0.3 is 0 Å². The molecule has 2 unspecified atom stereocenters. The van der Waals surface area contributed by atoms with E-state index in [0.29, 0.717) is 6.42 Å². The Kier molecular flexibility index (Phi) is 4.39. The van der Waals surface area contributed by atoms with Crippen LogP contribution in [0.2, 0.25) is 0 Å². The maximum absolute atomic E-state index is 10.8. The topological polar surface area (TPSA) is 33.1 Å². The molecule has 0 bridgehead atoms. The zero-order chi connectivity index (χ0) is 13.0. The second kappa shape index (κ2) is 5.83. The van der Waals surface area contributed by atoms with E-state index in [0.717, 1.165) is 43.2 Å². The van der Waals surface area contributed by atoms with Gasteiger partial charge in [0.2, 0.25) is 0 Å². The SMILES string of the molecule is CC(C)C1CCCC(O)(Cc2ccccn2)CC1. The first-order valence-electron chi connectivity index (χ1n) is 7.21. The van der Waals surface area contributed by atoms with Crippen LogP contribution in [0.25, 0.3) is 0 Å². The summed E-state index contributed by atoms with van der Waals surface area (Å²) < 4.78 is 0. The first-order valence-corrected chi connectivity index (χ1v) is 7.21. The van der Waals surface area contributed by atoms with Crippen LogP contribution in [-0.2, 0) is 6.42 Å². The highest BCUT2D eigenvalue weighted by atomic mass is 16.3. The molecule has 1 fully saturated rings. The number of rotatable bonds is 3. The minimum atomic E-state index is -0.530. The van der Waals surface area contributed by atoms with Gasteiger partial charge in [0.1, 0.15) is 0 Å². The quantitative estimate of drug-likeness (QED) is 0.828. The highest BCUT2D eigenvalue weighted by Gasteiger charge is 2.32. The van der Waals surface area contributed by atoms with E-state index < -0.39 is 5.60 Å². The van der Waals surface area contributed by atoms with Gasteiger partial charge in [-0.2, -0.15) is 0 Å². The van der Waals surface area contributed by atoms with Crippen LogP contribution in [0, 0.1) is 11.8 Å². The largest absolute Gasteiger partial charge is 0.389 e. The number of hydrogen-bond donors (Lipinski definition) is 1. The average Bonchev–Trinajstić information content (AvgIpc) is 2.52. The van der Waals surface area contributed by atoms with Gasteiger partial charge in [0.05, 0.1) is 5.60 Å². The van der Waals surface area contributed by atoms with Crippen molar-refractivity contribution in [2.24, 2.45) is 11.8 Å². The second-order valence-electron chi connectivity index (χ2n) is 6.16. The minimum Gasteiger partial charge on any atom is -0.389 e. The Hall–Kier alpha value is -0.890. The lowest BCUT2D eigenvalue weighted by Crippen LogP contribution is -2.31. The monoisotopic (exact) mass is 247 g/mol. The van der Waals surface area contributed by atoms with Crippen molar-refractivity contribution in [3.8, 4) is 0 Å². The van der Waals surface area contributed by atoms with Crippen LogP contribution < -0.4 is 0 Å². The molecule has 0 radical (unpaired) electrons. The normalized spacial score (nSPS) is 29.2. The number of aromatic nitrogens is 1. The summed E-state index contributed by atoms with van der Waals surface area (Å²) in [6, 6.07) is 5.94. The van der Waals surface area contributed by atoms with Gasteiger partial charge in [-0.15, -0.1) is 0 Å². The molecule has 0 aromatic carbocycles. The molecule has 1 aromatic heterocycles. The van der Waals surface area contributed by atoms with Crippen molar-refractivity contribution in [1.82, 2.24) is 4.98 Å². The van der Waals surface area contributed by atoms with Gasteiger partial charge in [0.15, 0.2) is 0 Å². The van der Waals surface area contributed by atoms with Gasteiger partial charge in [0, 0.05) is 18.3 Å². The van der Waals surface area contributed by atoms with Crippen LogP contribution in [0.3, 0.4) is 0 Å². The third-order valence-corrected chi connectivity index (χ3v) is 4.38. The van der Waals surface area contributed by atoms with E-state index in [1.807, 2.05) is 24.4 Å². The van der Waals surface area contributed by atoms with E-state index in [9.17, 15) is 5.11 Å². The fraction of sp³-hybridized carbons (Fsp3) is 0.688. The third-order valence-electron chi connectivity index (χ3n) is 4.38. The van der Waals surface area contributed by atoms with Crippen LogP contribution in [0.5, 0.6) is 0 Å². The molecule has 1 saturated carbocycles. The maximum atomic E-state index is 10.8. The fourth-order valence-corrected chi connectivity index (χ4v) is 3.10. The third kappa shape index (κ3) is 3.55. The van der Waals surface area contributed by atoms with Gasteiger partial charge in [-0.1, -0.05) is 32.8 Å². The molecule has 100 valence electrons. The fourth-order valence-electron chi connectivity index (χ4n) is 3.10. The summed E-state index contributed by atoms with van der Waals surface area (Å²) in [7, 11) is 0. The predicted molar refractivity (Wildman–Crippen MR) is 74.3 cm³/mol. The molecule has 18 heavy (non-hydrogen) atoms. The van der Waals surface area contributed by atoms with Gasteiger partial charge in [-0.25, -0.2) is 0 Å². The molecule has 2 rings (SSSR count). The van der Waals surface area contributed by atoms with Gasteiger partial charge < -0.3 is 5.11 Å². The molecule has 0 aliphatic heterocycles. The molecule has 1 aliphatic rings. The van der Waals surface area contributed by atoms with E-state index in [1.54, 1.807) is 0 Å². The van der Waals surface area contributed by atoms with E-state index >= 15 is 0 Å². The standard InChI is InChI=1S/C16H25NO/c1-13(2)14-6-5-9-16(18,10-8-14)12-15-7-3-4-11-17-15/h3-4,7,11,13-14,18H,5-6,8-10,12H2,1-2H3. The lowest BCUT2D eigenvalue weighted by molar-refractivity contribution is 0.0228. The summed E-state index contributed by atoms with van der Waals surface area (Å²) >= 11 is 0. The average molecular weight is 247 g/mol. The molecule has 2 atom stereocenters. The van der Waals surface area contributed by atoms with E-state index in [1.165, 1.54) is 6.42 Å². The van der Waals surface area contributed by atoms with Crippen molar-refractivity contribution < 1.29 is 5.11 Å². The van der Waals surface area contributed by atoms with Crippen molar-refractivity contribution in [3.05, 3.63) is 30.1 Å². The van der Waals surface area contributed by atoms with Gasteiger partial charge in [-0.3, -0.25) is 4.98 Å². The number of nitrogens with zero attached hydrogens (tertiary/aromatic N) is 1. The molecule has 1 aromatic rings. The van der Waals surface area contributed by atoms with Crippen LogP contribution in [0.4, 0.5) is 0 Å². The van der Waals surface area contributed by atoms with E-state index in [4.69, 9.17) is 0 Å². The van der Waals surface area contributed by atoms with Gasteiger partial charge in [-0.05, 0) is 43.2 Å². The summed E-state index contributed by atoms with van der Waals surface area (Å²) in [5.74, 6) is 1.52. The summed E-state index contributed by atoms with van der Waals surface area (Å²) in [5, 5.41) is 10.8. The maximum Gasteiger partial charge on any atom is 0.0703 e. The summed E-state index contributed by atoms with van der Waals surface area (Å²) in [4.78, 5) is 4.34. The van der Waals surface area contributed by atoms with Crippen molar-refractivity contribution in [2.45, 2.75) is 58.0 Å². The van der Waals surface area contributed by atoms with Crippen molar-refractivity contribution >= 4 is 0 Å². The Labute approximate surface area is 110 Å². The predicted octanol–water partition coefficient (Wildman–Crippen LogP) is 3.59. The Bertz CT molecular complexity index is 363. The molecule has 0 saturated heterocycles. The minimum absolute atomic E-state index is 0.530. The molecular formula is C16H25NO. The summed E-state index contributed by atoms with van der Waals surface area (Å²) in [6.07, 6.45) is 7.93. The Morgan fingerprint density at radius 1 is 1.33 bits per heavy atom. The van der Waals surface area contributed by atoms with Crippen molar-refractivity contribution in [3.63, 3.8) is 0 Å². The van der Waals surface area contributed by atoms with Crippen molar-refractivity contribution in [1.29, 1.82) is 0 Å². The zero-order valence-electron chi connectivity index (χ0n) is 11.6. The van der Waals surface area contributed by atoms with Crippen molar-refractivity contribution in [2.75, 3.05) is 0 Å². The highest BCUT2D eigenvalue weighted by Crippen LogP contribution is 2.35. The molecule has 1 N–H and O–H groups in total. The highest BCUT2D eigenvalue weighted by molar-refractivity contribution is 5.07. The van der Waals surface area contributed by atoms with Crippen LogP contribution in [0.15, 0.2) is 24.4 Å². The Morgan fingerprint density at radius 3 is 2.83 bits per heavy atom. The Balaban J connectivity index is 1.99. The van der Waals surface area contributed by atoms with Crippen LogP contribution in [0.1, 0.15) is 51.6 Å². The van der Waals surface area contributed by atoms with Crippen LogP contribution in [-0.4, -0.2) is 15.7 Å². The second-order valence-corrected chi connectivity index (χ2v) is 6.16. The molecular weight excluding hydrogens is 222 g/mol.